The van der Waals surface area contributed by atoms with Crippen LogP contribution in [0.1, 0.15) is 32.6 Å². The van der Waals surface area contributed by atoms with Gasteiger partial charge in [-0.05, 0) is 61.2 Å². The van der Waals surface area contributed by atoms with E-state index in [0.717, 1.165) is 18.2 Å². The van der Waals surface area contributed by atoms with Gasteiger partial charge in [0.05, 0.1) is 17.0 Å². The van der Waals surface area contributed by atoms with Crippen LogP contribution >= 0.6 is 11.6 Å². The number of piperidine rings is 1. The monoisotopic (exact) mass is 508 g/mol. The number of halogens is 1. The molecule has 2 aliphatic rings. The lowest BCUT2D eigenvalue weighted by Crippen LogP contribution is -2.59. The van der Waals surface area contributed by atoms with Gasteiger partial charge >= 0.3 is 0 Å². The number of sulfonamides is 1. The molecule has 34 heavy (non-hydrogen) atoms. The molecule has 4 unspecified atom stereocenters. The van der Waals surface area contributed by atoms with Crippen molar-refractivity contribution < 1.29 is 23.1 Å². The van der Waals surface area contributed by atoms with Crippen molar-refractivity contribution in [3.63, 3.8) is 0 Å². The van der Waals surface area contributed by atoms with E-state index in [0.29, 0.717) is 23.4 Å². The SMILES string of the molecule is CC(C(O)N1CCCCC1C(N)=O)N1CCC(NS(=O)(=O)c2ccc3cc(Cl)ccc3c2)C1=O. The average Bonchev–Trinajstić information content (AvgIpc) is 3.16. The first-order valence-corrected chi connectivity index (χ1v) is 13.2. The molecule has 0 spiro atoms. The number of rotatable bonds is 7. The van der Waals surface area contributed by atoms with Gasteiger partial charge in [0.2, 0.25) is 21.8 Å². The zero-order valence-electron chi connectivity index (χ0n) is 18.9. The van der Waals surface area contributed by atoms with E-state index in [4.69, 9.17) is 17.3 Å². The molecule has 0 radical (unpaired) electrons. The Morgan fingerprint density at radius 2 is 1.85 bits per heavy atom. The van der Waals surface area contributed by atoms with Crippen LogP contribution in [0.15, 0.2) is 41.3 Å². The summed E-state index contributed by atoms with van der Waals surface area (Å²) in [6.07, 6.45) is 1.43. The molecule has 2 aliphatic heterocycles. The van der Waals surface area contributed by atoms with Crippen molar-refractivity contribution >= 4 is 44.2 Å². The van der Waals surface area contributed by atoms with E-state index in [1.54, 1.807) is 36.1 Å². The van der Waals surface area contributed by atoms with Crippen LogP contribution in [0.2, 0.25) is 5.02 Å². The first kappa shape index (κ1) is 24.9. The predicted octanol–water partition coefficient (Wildman–Crippen LogP) is 1.42. The molecule has 9 nitrogen and oxygen atoms in total. The van der Waals surface area contributed by atoms with E-state index in [2.05, 4.69) is 4.72 Å². The fourth-order valence-electron chi connectivity index (χ4n) is 4.85. The van der Waals surface area contributed by atoms with Crippen LogP contribution in [0.25, 0.3) is 10.8 Å². The second-order valence-corrected chi connectivity index (χ2v) is 11.1. The Bertz CT molecular complexity index is 1210. The molecule has 0 aromatic heterocycles. The first-order chi connectivity index (χ1) is 16.1. The number of fused-ring (bicyclic) bond motifs is 1. The molecule has 11 heteroatoms. The number of carbonyl (C=O) groups is 2. The number of nitrogens with zero attached hydrogens (tertiary/aromatic N) is 2. The number of amides is 2. The molecule has 0 bridgehead atoms. The van der Waals surface area contributed by atoms with Gasteiger partial charge in [-0.15, -0.1) is 0 Å². The number of aliphatic hydroxyl groups excluding tert-OH is 1. The van der Waals surface area contributed by atoms with Crippen LogP contribution in [0.3, 0.4) is 0 Å². The van der Waals surface area contributed by atoms with Gasteiger partial charge in [-0.1, -0.05) is 30.2 Å². The summed E-state index contributed by atoms with van der Waals surface area (Å²) in [5.41, 5.74) is 5.51. The maximum absolute atomic E-state index is 13.1. The zero-order valence-corrected chi connectivity index (χ0v) is 20.4. The number of aliphatic hydroxyl groups is 1. The molecule has 2 aromatic carbocycles. The van der Waals surface area contributed by atoms with E-state index in [-0.39, 0.29) is 17.9 Å². The van der Waals surface area contributed by atoms with Gasteiger partial charge < -0.3 is 15.7 Å². The number of carbonyl (C=O) groups excluding carboxylic acids is 2. The normalized spacial score (nSPS) is 23.9. The lowest BCUT2D eigenvalue weighted by Gasteiger charge is -2.41. The van der Waals surface area contributed by atoms with Crippen LogP contribution in [-0.2, 0) is 19.6 Å². The van der Waals surface area contributed by atoms with Crippen LogP contribution < -0.4 is 10.5 Å². The largest absolute Gasteiger partial charge is 0.376 e. The molecular weight excluding hydrogens is 480 g/mol. The van der Waals surface area contributed by atoms with Gasteiger partial charge in [-0.3, -0.25) is 14.5 Å². The number of hydrogen-bond donors (Lipinski definition) is 3. The van der Waals surface area contributed by atoms with Crippen LogP contribution in [0, 0.1) is 0 Å². The quantitative estimate of drug-likeness (QED) is 0.518. The lowest BCUT2D eigenvalue weighted by atomic mass is 10.00. The summed E-state index contributed by atoms with van der Waals surface area (Å²) >= 11 is 6.00. The number of nitrogens with one attached hydrogen (secondary N) is 1. The molecule has 2 heterocycles. The summed E-state index contributed by atoms with van der Waals surface area (Å²) in [5.74, 6) is -0.905. The summed E-state index contributed by atoms with van der Waals surface area (Å²) < 4.78 is 28.5. The Balaban J connectivity index is 1.46. The minimum absolute atomic E-state index is 0.0549. The third kappa shape index (κ3) is 4.92. The molecule has 2 saturated heterocycles. The third-order valence-corrected chi connectivity index (χ3v) is 8.46. The molecule has 0 saturated carbocycles. The van der Waals surface area contributed by atoms with Crippen LogP contribution in [-0.4, -0.2) is 72.6 Å². The highest BCUT2D eigenvalue weighted by Crippen LogP contribution is 2.26. The smallest absolute Gasteiger partial charge is 0.241 e. The second kappa shape index (κ2) is 9.79. The van der Waals surface area contributed by atoms with Crippen molar-refractivity contribution in [2.24, 2.45) is 5.73 Å². The average molecular weight is 509 g/mol. The molecule has 4 N–H and O–H groups in total. The van der Waals surface area contributed by atoms with Crippen LogP contribution in [0.5, 0.6) is 0 Å². The van der Waals surface area contributed by atoms with Gasteiger partial charge in [0, 0.05) is 18.1 Å². The minimum atomic E-state index is -3.95. The second-order valence-electron chi connectivity index (χ2n) is 8.95. The molecular formula is C23H29ClN4O5S. The van der Waals surface area contributed by atoms with E-state index < -0.39 is 46.2 Å². The van der Waals surface area contributed by atoms with Crippen molar-refractivity contribution in [3.05, 3.63) is 41.4 Å². The maximum atomic E-state index is 13.1. The summed E-state index contributed by atoms with van der Waals surface area (Å²) in [6, 6.07) is 7.71. The Hall–Kier alpha value is -2.24. The van der Waals surface area contributed by atoms with E-state index in [1.165, 1.54) is 17.0 Å². The Morgan fingerprint density at radius 1 is 1.15 bits per heavy atom. The van der Waals surface area contributed by atoms with E-state index in [9.17, 15) is 23.1 Å². The molecule has 2 amide bonds. The molecule has 4 atom stereocenters. The van der Waals surface area contributed by atoms with Crippen molar-refractivity contribution in [2.75, 3.05) is 13.1 Å². The highest BCUT2D eigenvalue weighted by atomic mass is 35.5. The molecule has 2 aromatic rings. The third-order valence-electron chi connectivity index (χ3n) is 6.76. The Morgan fingerprint density at radius 3 is 2.59 bits per heavy atom. The standard InChI is InChI=1S/C23H29ClN4O5S/c1-14(22(30)28-10-3-2-4-20(28)21(25)29)27-11-9-19(23(27)31)26-34(32,33)18-8-6-15-12-17(24)7-5-16(15)13-18/h5-8,12-14,19-20,22,26,30H,2-4,9-11H2,1H3,(H2,25,29). The maximum Gasteiger partial charge on any atom is 0.241 e. The van der Waals surface area contributed by atoms with Crippen molar-refractivity contribution in [2.45, 2.75) is 61.9 Å². The summed E-state index contributed by atoms with van der Waals surface area (Å²) in [7, 11) is -3.95. The zero-order chi connectivity index (χ0) is 24.6. The van der Waals surface area contributed by atoms with Crippen molar-refractivity contribution in [1.29, 1.82) is 0 Å². The Labute approximate surface area is 203 Å². The number of primary amides is 1. The van der Waals surface area contributed by atoms with Gasteiger partial charge in [0.25, 0.3) is 0 Å². The van der Waals surface area contributed by atoms with Gasteiger partial charge in [0.1, 0.15) is 12.3 Å². The minimum Gasteiger partial charge on any atom is -0.376 e. The van der Waals surface area contributed by atoms with Gasteiger partial charge in [-0.25, -0.2) is 8.42 Å². The van der Waals surface area contributed by atoms with Crippen molar-refractivity contribution in [1.82, 2.24) is 14.5 Å². The molecule has 0 aliphatic carbocycles. The molecule has 4 rings (SSSR count). The molecule has 184 valence electrons. The summed E-state index contributed by atoms with van der Waals surface area (Å²) in [4.78, 5) is 28.1. The summed E-state index contributed by atoms with van der Waals surface area (Å²) in [6.45, 7) is 2.49. The fraction of sp³-hybridized carbons (Fsp3) is 0.478. The predicted molar refractivity (Wildman–Crippen MR) is 128 cm³/mol. The Kier molecular flexibility index (Phi) is 7.16. The van der Waals surface area contributed by atoms with Crippen molar-refractivity contribution in [3.8, 4) is 0 Å². The highest BCUT2D eigenvalue weighted by molar-refractivity contribution is 7.89. The lowest BCUT2D eigenvalue weighted by molar-refractivity contribution is -0.143. The van der Waals surface area contributed by atoms with E-state index >= 15 is 0 Å². The highest BCUT2D eigenvalue weighted by Gasteiger charge is 2.42. The molecule has 2 fully saturated rings. The summed E-state index contributed by atoms with van der Waals surface area (Å²) in [5, 5.41) is 13.0. The van der Waals surface area contributed by atoms with Gasteiger partial charge in [-0.2, -0.15) is 4.72 Å². The topological polar surface area (TPSA) is 133 Å². The van der Waals surface area contributed by atoms with Crippen LogP contribution in [0.4, 0.5) is 0 Å². The number of nitrogens with two attached hydrogens (primary N) is 1. The van der Waals surface area contributed by atoms with Gasteiger partial charge in [0.15, 0.2) is 0 Å². The number of likely N-dealkylation sites (tertiary alicyclic amines) is 2. The number of hydrogen-bond acceptors (Lipinski definition) is 6. The first-order valence-electron chi connectivity index (χ1n) is 11.3. The van der Waals surface area contributed by atoms with E-state index in [1.807, 2.05) is 0 Å². The number of benzene rings is 2. The fourth-order valence-corrected chi connectivity index (χ4v) is 6.29.